The SMILES string of the molecule is CCC(C)C(=O)Cn1ccc2cc(F)ccc21. The van der Waals surface area contributed by atoms with Gasteiger partial charge in [0.05, 0.1) is 6.54 Å². The van der Waals surface area contributed by atoms with E-state index in [2.05, 4.69) is 0 Å². The highest BCUT2D eigenvalue weighted by Gasteiger charge is 2.12. The summed E-state index contributed by atoms with van der Waals surface area (Å²) in [6, 6.07) is 6.46. The number of Topliss-reactive ketones (excluding diaryl/α,β-unsaturated/α-hetero) is 1. The van der Waals surface area contributed by atoms with E-state index in [0.717, 1.165) is 17.3 Å². The highest BCUT2D eigenvalue weighted by atomic mass is 19.1. The van der Waals surface area contributed by atoms with Crippen LogP contribution in [0.5, 0.6) is 0 Å². The van der Waals surface area contributed by atoms with Crippen molar-refractivity contribution in [3.05, 3.63) is 36.3 Å². The second kappa shape index (κ2) is 4.70. The number of carbonyl (C=O) groups is 1. The first kappa shape index (κ1) is 11.8. The van der Waals surface area contributed by atoms with Crippen molar-refractivity contribution in [1.82, 2.24) is 4.57 Å². The zero-order valence-electron chi connectivity index (χ0n) is 10.1. The van der Waals surface area contributed by atoms with Crippen LogP contribution >= 0.6 is 0 Å². The van der Waals surface area contributed by atoms with E-state index in [-0.39, 0.29) is 17.5 Å². The minimum atomic E-state index is -0.247. The van der Waals surface area contributed by atoms with Crippen molar-refractivity contribution in [3.8, 4) is 0 Å². The zero-order valence-corrected chi connectivity index (χ0v) is 10.1. The topological polar surface area (TPSA) is 22.0 Å². The Kier molecular flexibility index (Phi) is 3.27. The van der Waals surface area contributed by atoms with Crippen LogP contribution in [0.3, 0.4) is 0 Å². The van der Waals surface area contributed by atoms with E-state index in [1.807, 2.05) is 30.7 Å². The van der Waals surface area contributed by atoms with Gasteiger partial charge in [0, 0.05) is 23.0 Å². The van der Waals surface area contributed by atoms with Gasteiger partial charge in [-0.1, -0.05) is 13.8 Å². The van der Waals surface area contributed by atoms with Crippen LogP contribution in [0.1, 0.15) is 20.3 Å². The van der Waals surface area contributed by atoms with Crippen LogP contribution in [0.4, 0.5) is 4.39 Å². The van der Waals surface area contributed by atoms with Gasteiger partial charge in [-0.05, 0) is 30.7 Å². The Bertz CT molecular complexity index is 544. The lowest BCUT2D eigenvalue weighted by Crippen LogP contribution is -2.16. The van der Waals surface area contributed by atoms with Gasteiger partial charge in [0.15, 0.2) is 5.78 Å². The van der Waals surface area contributed by atoms with Crippen molar-refractivity contribution in [2.45, 2.75) is 26.8 Å². The molecule has 0 N–H and O–H groups in total. The fourth-order valence-corrected chi connectivity index (χ4v) is 1.86. The van der Waals surface area contributed by atoms with Crippen molar-refractivity contribution in [2.75, 3.05) is 0 Å². The van der Waals surface area contributed by atoms with Gasteiger partial charge in [0.1, 0.15) is 5.82 Å². The normalized spacial score (nSPS) is 12.9. The fourth-order valence-electron chi connectivity index (χ4n) is 1.86. The molecule has 1 unspecified atom stereocenters. The Morgan fingerprint density at radius 1 is 1.41 bits per heavy atom. The van der Waals surface area contributed by atoms with Crippen molar-refractivity contribution >= 4 is 16.7 Å². The lowest BCUT2D eigenvalue weighted by molar-refractivity contribution is -0.122. The highest BCUT2D eigenvalue weighted by Crippen LogP contribution is 2.18. The molecular weight excluding hydrogens is 217 g/mol. The Labute approximate surface area is 100 Å². The molecule has 0 spiro atoms. The van der Waals surface area contributed by atoms with E-state index in [9.17, 15) is 9.18 Å². The number of carbonyl (C=O) groups excluding carboxylic acids is 1. The average Bonchev–Trinajstić information content (AvgIpc) is 2.70. The maximum Gasteiger partial charge on any atom is 0.155 e. The number of aromatic nitrogens is 1. The molecule has 1 heterocycles. The molecule has 0 aliphatic carbocycles. The molecule has 0 bridgehead atoms. The first-order valence-corrected chi connectivity index (χ1v) is 5.89. The van der Waals surface area contributed by atoms with E-state index >= 15 is 0 Å². The third-order valence-electron chi connectivity index (χ3n) is 3.22. The first-order valence-electron chi connectivity index (χ1n) is 5.89. The van der Waals surface area contributed by atoms with Crippen molar-refractivity contribution in [1.29, 1.82) is 0 Å². The fraction of sp³-hybridized carbons (Fsp3) is 0.357. The minimum Gasteiger partial charge on any atom is -0.340 e. The van der Waals surface area contributed by atoms with E-state index < -0.39 is 0 Å². The first-order chi connectivity index (χ1) is 8.11. The standard InChI is InChI=1S/C14H16FNO/c1-3-10(2)14(17)9-16-7-6-11-8-12(15)4-5-13(11)16/h4-8,10H,3,9H2,1-2H3. The molecule has 0 aliphatic heterocycles. The molecule has 17 heavy (non-hydrogen) atoms. The number of hydrogen-bond acceptors (Lipinski definition) is 1. The van der Waals surface area contributed by atoms with E-state index in [1.165, 1.54) is 12.1 Å². The van der Waals surface area contributed by atoms with Crippen LogP contribution in [-0.4, -0.2) is 10.4 Å². The predicted molar refractivity (Wildman–Crippen MR) is 66.4 cm³/mol. The molecule has 0 saturated heterocycles. The van der Waals surface area contributed by atoms with Crippen LogP contribution in [0, 0.1) is 11.7 Å². The van der Waals surface area contributed by atoms with Gasteiger partial charge in [-0.2, -0.15) is 0 Å². The smallest absolute Gasteiger partial charge is 0.155 e. The van der Waals surface area contributed by atoms with Crippen molar-refractivity contribution < 1.29 is 9.18 Å². The molecule has 0 saturated carbocycles. The second-order valence-electron chi connectivity index (χ2n) is 4.42. The van der Waals surface area contributed by atoms with E-state index in [4.69, 9.17) is 0 Å². The summed E-state index contributed by atoms with van der Waals surface area (Å²) in [4.78, 5) is 11.9. The van der Waals surface area contributed by atoms with E-state index in [0.29, 0.717) is 6.54 Å². The van der Waals surface area contributed by atoms with Gasteiger partial charge in [-0.15, -0.1) is 0 Å². The summed E-state index contributed by atoms with van der Waals surface area (Å²) in [5, 5.41) is 0.835. The van der Waals surface area contributed by atoms with Gasteiger partial charge in [0.2, 0.25) is 0 Å². The molecule has 2 aromatic rings. The number of rotatable bonds is 4. The van der Waals surface area contributed by atoms with Gasteiger partial charge in [-0.25, -0.2) is 4.39 Å². The van der Waals surface area contributed by atoms with Gasteiger partial charge >= 0.3 is 0 Å². The maximum atomic E-state index is 13.0. The number of benzene rings is 1. The Hall–Kier alpha value is -1.64. The lowest BCUT2D eigenvalue weighted by Gasteiger charge is -2.09. The third-order valence-corrected chi connectivity index (χ3v) is 3.22. The van der Waals surface area contributed by atoms with Gasteiger partial charge in [-0.3, -0.25) is 4.79 Å². The quantitative estimate of drug-likeness (QED) is 0.793. The molecule has 1 aromatic carbocycles. The summed E-state index contributed by atoms with van der Waals surface area (Å²) in [6.07, 6.45) is 2.69. The summed E-state index contributed by atoms with van der Waals surface area (Å²) in [6.45, 7) is 4.31. The average molecular weight is 233 g/mol. The van der Waals surface area contributed by atoms with Crippen molar-refractivity contribution in [3.63, 3.8) is 0 Å². The van der Waals surface area contributed by atoms with Gasteiger partial charge in [0.25, 0.3) is 0 Å². The van der Waals surface area contributed by atoms with Crippen molar-refractivity contribution in [2.24, 2.45) is 5.92 Å². The Morgan fingerprint density at radius 2 is 2.18 bits per heavy atom. The number of nitrogens with zero attached hydrogens (tertiary/aromatic N) is 1. The molecular formula is C14H16FNO. The molecule has 2 nitrogen and oxygen atoms in total. The van der Waals surface area contributed by atoms with Gasteiger partial charge < -0.3 is 4.57 Å². The largest absolute Gasteiger partial charge is 0.340 e. The monoisotopic (exact) mass is 233 g/mol. The van der Waals surface area contributed by atoms with E-state index in [1.54, 1.807) is 6.07 Å². The number of halogens is 1. The predicted octanol–water partition coefficient (Wildman–Crippen LogP) is 3.40. The Balaban J connectivity index is 2.28. The molecule has 0 fully saturated rings. The zero-order chi connectivity index (χ0) is 12.4. The lowest BCUT2D eigenvalue weighted by atomic mass is 10.0. The van der Waals surface area contributed by atoms with Crippen LogP contribution in [0.15, 0.2) is 30.5 Å². The molecule has 0 amide bonds. The highest BCUT2D eigenvalue weighted by molar-refractivity contribution is 5.85. The molecule has 0 radical (unpaired) electrons. The molecule has 1 aromatic heterocycles. The molecule has 0 aliphatic rings. The summed E-state index contributed by atoms with van der Waals surface area (Å²) in [5.41, 5.74) is 0.906. The van der Waals surface area contributed by atoms with Crippen LogP contribution in [0.25, 0.3) is 10.9 Å². The molecule has 90 valence electrons. The number of hydrogen-bond donors (Lipinski definition) is 0. The third kappa shape index (κ3) is 2.38. The summed E-state index contributed by atoms with van der Waals surface area (Å²) in [5.74, 6) is 0.0470. The molecule has 1 atom stereocenters. The van der Waals surface area contributed by atoms with Crippen LogP contribution < -0.4 is 0 Å². The summed E-state index contributed by atoms with van der Waals surface area (Å²) >= 11 is 0. The minimum absolute atomic E-state index is 0.0768. The summed E-state index contributed by atoms with van der Waals surface area (Å²) in [7, 11) is 0. The molecule has 2 rings (SSSR count). The van der Waals surface area contributed by atoms with Crippen LogP contribution in [-0.2, 0) is 11.3 Å². The maximum absolute atomic E-state index is 13.0. The number of fused-ring (bicyclic) bond motifs is 1. The molecule has 3 heteroatoms. The van der Waals surface area contributed by atoms with Crippen LogP contribution in [0.2, 0.25) is 0 Å². The Morgan fingerprint density at radius 3 is 2.88 bits per heavy atom. The number of ketones is 1. The summed E-state index contributed by atoms with van der Waals surface area (Å²) < 4.78 is 14.9. The second-order valence-corrected chi connectivity index (χ2v) is 4.42.